The monoisotopic (exact) mass is 343 g/mol. The van der Waals surface area contributed by atoms with E-state index >= 15 is 0 Å². The first-order chi connectivity index (χ1) is 11.6. The van der Waals surface area contributed by atoms with E-state index in [1.54, 1.807) is 11.8 Å². The van der Waals surface area contributed by atoms with E-state index in [0.717, 1.165) is 28.5 Å². The highest BCUT2D eigenvalue weighted by molar-refractivity contribution is 7.99. The molecule has 2 aromatic rings. The molecule has 3 rings (SSSR count). The van der Waals surface area contributed by atoms with E-state index in [4.69, 9.17) is 9.47 Å². The Hall–Kier alpha value is -2.14. The Labute approximate surface area is 146 Å². The van der Waals surface area contributed by atoms with Crippen LogP contribution in [0.3, 0.4) is 0 Å². The molecule has 0 bridgehead atoms. The Morgan fingerprint density at radius 2 is 1.88 bits per heavy atom. The van der Waals surface area contributed by atoms with Gasteiger partial charge in [0, 0.05) is 11.4 Å². The molecule has 4 nitrogen and oxygen atoms in total. The van der Waals surface area contributed by atoms with Crippen LogP contribution in [-0.4, -0.2) is 18.5 Å². The van der Waals surface area contributed by atoms with Crippen LogP contribution in [0, 0.1) is 0 Å². The molecule has 1 aliphatic rings. The number of hydrogen-bond donors (Lipinski definition) is 1. The van der Waals surface area contributed by atoms with Crippen LogP contribution in [0.15, 0.2) is 42.5 Å². The van der Waals surface area contributed by atoms with Crippen LogP contribution in [0.2, 0.25) is 0 Å². The molecule has 1 aliphatic heterocycles. The van der Waals surface area contributed by atoms with Crippen molar-refractivity contribution in [1.82, 2.24) is 0 Å². The highest BCUT2D eigenvalue weighted by atomic mass is 32.2. The van der Waals surface area contributed by atoms with Gasteiger partial charge in [0.1, 0.15) is 0 Å². The zero-order chi connectivity index (χ0) is 16.9. The van der Waals surface area contributed by atoms with Crippen LogP contribution in [0.4, 0.5) is 5.69 Å². The summed E-state index contributed by atoms with van der Waals surface area (Å²) in [5.41, 5.74) is 3.23. The SMILES string of the molecule is CC(C)c1ccc(NC(=O)CSCc2ccc3c(c2)OCO3)cc1. The maximum absolute atomic E-state index is 12.0. The molecule has 0 saturated heterocycles. The van der Waals surface area contributed by atoms with Gasteiger partial charge >= 0.3 is 0 Å². The van der Waals surface area contributed by atoms with Crippen LogP contribution in [0.1, 0.15) is 30.9 Å². The van der Waals surface area contributed by atoms with Gasteiger partial charge in [-0.1, -0.05) is 32.0 Å². The summed E-state index contributed by atoms with van der Waals surface area (Å²) in [7, 11) is 0. The second-order valence-electron chi connectivity index (χ2n) is 6.01. The maximum Gasteiger partial charge on any atom is 0.234 e. The summed E-state index contributed by atoms with van der Waals surface area (Å²) in [6.07, 6.45) is 0. The molecule has 0 spiro atoms. The molecule has 1 heterocycles. The van der Waals surface area contributed by atoms with E-state index in [0.29, 0.717) is 11.7 Å². The molecule has 0 atom stereocenters. The molecule has 1 N–H and O–H groups in total. The minimum Gasteiger partial charge on any atom is -0.454 e. The fourth-order valence-electron chi connectivity index (χ4n) is 2.44. The van der Waals surface area contributed by atoms with Crippen LogP contribution < -0.4 is 14.8 Å². The predicted octanol–water partition coefficient (Wildman–Crippen LogP) is 4.41. The molecule has 126 valence electrons. The van der Waals surface area contributed by atoms with Crippen molar-refractivity contribution >= 4 is 23.4 Å². The zero-order valence-corrected chi connectivity index (χ0v) is 14.7. The summed E-state index contributed by atoms with van der Waals surface area (Å²) in [4.78, 5) is 12.0. The molecule has 5 heteroatoms. The van der Waals surface area contributed by atoms with Gasteiger partial charge in [-0.15, -0.1) is 11.8 Å². The Kier molecular flexibility index (Phi) is 5.30. The number of hydrogen-bond acceptors (Lipinski definition) is 4. The molecule has 1 amide bonds. The standard InChI is InChI=1S/C19H21NO3S/c1-13(2)15-4-6-16(7-5-15)20-19(21)11-24-10-14-3-8-17-18(9-14)23-12-22-17/h3-9,13H,10-12H2,1-2H3,(H,20,21). The molecular formula is C19H21NO3S. The topological polar surface area (TPSA) is 47.6 Å². The van der Waals surface area contributed by atoms with E-state index in [9.17, 15) is 4.79 Å². The number of amides is 1. The fraction of sp³-hybridized carbons (Fsp3) is 0.316. The molecule has 0 aromatic heterocycles. The fourth-order valence-corrected chi connectivity index (χ4v) is 3.22. The van der Waals surface area contributed by atoms with Gasteiger partial charge in [0.05, 0.1) is 5.75 Å². The predicted molar refractivity (Wildman–Crippen MR) is 97.9 cm³/mol. The third-order valence-corrected chi connectivity index (χ3v) is 4.80. The van der Waals surface area contributed by atoms with Gasteiger partial charge < -0.3 is 14.8 Å². The molecule has 2 aromatic carbocycles. The van der Waals surface area contributed by atoms with Crippen molar-refractivity contribution < 1.29 is 14.3 Å². The summed E-state index contributed by atoms with van der Waals surface area (Å²) in [6.45, 7) is 4.59. The van der Waals surface area contributed by atoms with Crippen LogP contribution in [0.5, 0.6) is 11.5 Å². The van der Waals surface area contributed by atoms with Gasteiger partial charge in [-0.3, -0.25) is 4.79 Å². The smallest absolute Gasteiger partial charge is 0.234 e. The quantitative estimate of drug-likeness (QED) is 0.844. The van der Waals surface area contributed by atoms with Crippen LogP contribution in [0.25, 0.3) is 0 Å². The molecule has 24 heavy (non-hydrogen) atoms. The summed E-state index contributed by atoms with van der Waals surface area (Å²) >= 11 is 1.58. The maximum atomic E-state index is 12.0. The average Bonchev–Trinajstić information content (AvgIpc) is 3.03. The first kappa shape index (κ1) is 16.7. The van der Waals surface area contributed by atoms with E-state index in [1.165, 1.54) is 5.56 Å². The van der Waals surface area contributed by atoms with Crippen LogP contribution in [-0.2, 0) is 10.5 Å². The number of ether oxygens (including phenoxy) is 2. The number of rotatable bonds is 6. The third kappa shape index (κ3) is 4.23. The average molecular weight is 343 g/mol. The van der Waals surface area contributed by atoms with E-state index < -0.39 is 0 Å². The molecule has 0 unspecified atom stereocenters. The highest BCUT2D eigenvalue weighted by Gasteiger charge is 2.13. The lowest BCUT2D eigenvalue weighted by atomic mass is 10.0. The number of anilines is 1. The number of fused-ring (bicyclic) bond motifs is 1. The van der Waals surface area contributed by atoms with Gasteiger partial charge in [-0.2, -0.15) is 0 Å². The summed E-state index contributed by atoms with van der Waals surface area (Å²) in [6, 6.07) is 13.9. The second kappa shape index (κ2) is 7.62. The number of nitrogens with one attached hydrogen (secondary N) is 1. The lowest BCUT2D eigenvalue weighted by Gasteiger charge is -2.08. The molecule has 0 aliphatic carbocycles. The van der Waals surface area contributed by atoms with Gasteiger partial charge in [0.25, 0.3) is 0 Å². The second-order valence-corrected chi connectivity index (χ2v) is 6.99. The van der Waals surface area contributed by atoms with Gasteiger partial charge in [-0.05, 0) is 41.3 Å². The number of carbonyl (C=O) groups is 1. The minimum atomic E-state index is 0.0121. The number of thioether (sulfide) groups is 1. The number of benzene rings is 2. The largest absolute Gasteiger partial charge is 0.454 e. The summed E-state index contributed by atoms with van der Waals surface area (Å²) in [5.74, 6) is 3.25. The summed E-state index contributed by atoms with van der Waals surface area (Å²) < 4.78 is 10.7. The first-order valence-corrected chi connectivity index (χ1v) is 9.13. The van der Waals surface area contributed by atoms with Crippen molar-refractivity contribution in [3.8, 4) is 11.5 Å². The Balaban J connectivity index is 1.45. The van der Waals surface area contributed by atoms with Crippen molar-refractivity contribution in [3.05, 3.63) is 53.6 Å². The van der Waals surface area contributed by atoms with Gasteiger partial charge in [0.15, 0.2) is 11.5 Å². The van der Waals surface area contributed by atoms with Crippen molar-refractivity contribution in [2.24, 2.45) is 0 Å². The summed E-state index contributed by atoms with van der Waals surface area (Å²) in [5, 5.41) is 2.93. The van der Waals surface area contributed by atoms with Gasteiger partial charge in [0.2, 0.25) is 12.7 Å². The molecule has 0 radical (unpaired) electrons. The Morgan fingerprint density at radius 3 is 2.62 bits per heavy atom. The third-order valence-electron chi connectivity index (χ3n) is 3.80. The molecule has 0 fully saturated rings. The van der Waals surface area contributed by atoms with E-state index in [2.05, 4.69) is 31.3 Å². The number of carbonyl (C=O) groups excluding carboxylic acids is 1. The highest BCUT2D eigenvalue weighted by Crippen LogP contribution is 2.33. The van der Waals surface area contributed by atoms with Crippen molar-refractivity contribution in [1.29, 1.82) is 0 Å². The first-order valence-electron chi connectivity index (χ1n) is 7.98. The molecule has 0 saturated carbocycles. The van der Waals surface area contributed by atoms with Crippen molar-refractivity contribution in [3.63, 3.8) is 0 Å². The van der Waals surface area contributed by atoms with E-state index in [-0.39, 0.29) is 12.7 Å². The normalized spacial score (nSPS) is 12.5. The van der Waals surface area contributed by atoms with E-state index in [1.807, 2.05) is 30.3 Å². The van der Waals surface area contributed by atoms with Gasteiger partial charge in [-0.25, -0.2) is 0 Å². The Bertz CT molecular complexity index is 713. The Morgan fingerprint density at radius 1 is 1.12 bits per heavy atom. The molecular weight excluding hydrogens is 322 g/mol. The lowest BCUT2D eigenvalue weighted by Crippen LogP contribution is -2.14. The van der Waals surface area contributed by atoms with Crippen LogP contribution >= 0.6 is 11.8 Å². The lowest BCUT2D eigenvalue weighted by molar-refractivity contribution is -0.113. The zero-order valence-electron chi connectivity index (χ0n) is 13.9. The minimum absolute atomic E-state index is 0.0121. The van der Waals surface area contributed by atoms with Crippen molar-refractivity contribution in [2.75, 3.05) is 17.9 Å². The van der Waals surface area contributed by atoms with Crippen molar-refractivity contribution in [2.45, 2.75) is 25.5 Å².